The van der Waals surface area contributed by atoms with Gasteiger partial charge >= 0.3 is 13.8 Å². The van der Waals surface area contributed by atoms with Gasteiger partial charge in [0.1, 0.15) is 0 Å². The Morgan fingerprint density at radius 2 is 1.89 bits per heavy atom. The van der Waals surface area contributed by atoms with E-state index in [-0.39, 0.29) is 17.9 Å². The monoisotopic (exact) mass is 281 g/mol. The number of rotatable bonds is 9. The minimum Gasteiger partial charge on any atom is -0.752 e. The molecule has 7 nitrogen and oxygen atoms in total. The Hall–Kier alpha value is -0.720. The van der Waals surface area contributed by atoms with Crippen molar-refractivity contribution in [1.82, 2.24) is 0 Å². The number of hydrogen-bond acceptors (Lipinski definition) is 6. The summed E-state index contributed by atoms with van der Waals surface area (Å²) in [6.07, 6.45) is 2.01. The lowest BCUT2D eigenvalue weighted by Crippen LogP contribution is -2.35. The molecule has 18 heavy (non-hydrogen) atoms. The predicted octanol–water partition coefficient (Wildman–Crippen LogP) is 0.619. The Morgan fingerprint density at radius 3 is 2.39 bits per heavy atom. The molecule has 8 heteroatoms. The topological polar surface area (TPSA) is 84.9 Å². The zero-order valence-electron chi connectivity index (χ0n) is 11.0. The highest BCUT2D eigenvalue weighted by Crippen LogP contribution is 2.40. The van der Waals surface area contributed by atoms with Crippen molar-refractivity contribution in [1.29, 1.82) is 0 Å². The maximum atomic E-state index is 11.3. The van der Waals surface area contributed by atoms with Crippen molar-refractivity contribution in [3.8, 4) is 0 Å². The van der Waals surface area contributed by atoms with Gasteiger partial charge in [0.25, 0.3) is 0 Å². The first-order valence-corrected chi connectivity index (χ1v) is 6.90. The summed E-state index contributed by atoms with van der Waals surface area (Å²) in [4.78, 5) is 22.0. The van der Waals surface area contributed by atoms with Crippen molar-refractivity contribution in [2.24, 2.45) is 0 Å². The summed E-state index contributed by atoms with van der Waals surface area (Å²) in [6, 6.07) is 0. The van der Waals surface area contributed by atoms with Gasteiger partial charge in [-0.1, -0.05) is 6.58 Å². The van der Waals surface area contributed by atoms with Crippen LogP contribution in [0.15, 0.2) is 12.7 Å². The summed E-state index contributed by atoms with van der Waals surface area (Å²) < 4.78 is 25.2. The van der Waals surface area contributed by atoms with E-state index in [2.05, 4.69) is 11.1 Å². The number of phosphoric ester groups is 1. The van der Waals surface area contributed by atoms with Crippen molar-refractivity contribution in [3.63, 3.8) is 0 Å². The summed E-state index contributed by atoms with van der Waals surface area (Å²) in [5.74, 6) is -0.501. The molecule has 0 N–H and O–H groups in total. The van der Waals surface area contributed by atoms with Gasteiger partial charge in [0.05, 0.1) is 34.4 Å². The zero-order valence-corrected chi connectivity index (χ0v) is 11.9. The third kappa shape index (κ3) is 10.4. The van der Waals surface area contributed by atoms with Crippen LogP contribution < -0.4 is 4.89 Å². The lowest BCUT2D eigenvalue weighted by molar-refractivity contribution is -1.04. The molecule has 0 aliphatic heterocycles. The highest BCUT2D eigenvalue weighted by Gasteiger charge is 2.20. The van der Waals surface area contributed by atoms with Gasteiger partial charge in [-0.2, -0.15) is 4.65 Å². The van der Waals surface area contributed by atoms with E-state index in [1.54, 1.807) is 21.1 Å². The molecule has 0 bridgehead atoms. The second-order valence-electron chi connectivity index (χ2n) is 4.33. The van der Waals surface area contributed by atoms with Crippen LogP contribution in [0, 0.1) is 0 Å². The van der Waals surface area contributed by atoms with Crippen LogP contribution in [0.5, 0.6) is 0 Å². The highest BCUT2D eigenvalue weighted by molar-refractivity contribution is 7.45. The molecular weight excluding hydrogens is 261 g/mol. The molecule has 106 valence electrons. The fourth-order valence-electron chi connectivity index (χ4n) is 0.936. The number of nitrogens with zero attached hydrogens (tertiary/aromatic N) is 1. The quantitative estimate of drug-likeness (QED) is 0.154. The van der Waals surface area contributed by atoms with Crippen molar-refractivity contribution in [3.05, 3.63) is 12.7 Å². The van der Waals surface area contributed by atoms with Gasteiger partial charge in [0.15, 0.2) is 0 Å². The van der Waals surface area contributed by atoms with Gasteiger partial charge in [0, 0.05) is 6.08 Å². The van der Waals surface area contributed by atoms with Gasteiger partial charge in [-0.15, -0.1) is 4.62 Å². The molecule has 1 unspecified atom stereocenters. The molecule has 0 saturated heterocycles. The van der Waals surface area contributed by atoms with Crippen LogP contribution in [-0.4, -0.2) is 45.0 Å². The first-order chi connectivity index (χ1) is 8.16. The Balaban J connectivity index is 3.68. The standard InChI is InChI=1S/C10H20NO6P/c1-5-10(12)15-8-6-7-9-16-18(13,14)17-11(2,3)4/h5H,1,6-9H2,2-4H3. The minimum absolute atomic E-state index is 0.00752. The molecule has 0 amide bonds. The lowest BCUT2D eigenvalue weighted by atomic mass is 10.3. The number of carbonyl (C=O) groups excluding carboxylic acids is 1. The number of quaternary nitrogens is 1. The van der Waals surface area contributed by atoms with E-state index in [0.29, 0.717) is 12.8 Å². The average molecular weight is 281 g/mol. The van der Waals surface area contributed by atoms with E-state index in [9.17, 15) is 14.3 Å². The van der Waals surface area contributed by atoms with Crippen molar-refractivity contribution in [2.45, 2.75) is 12.8 Å². The number of ether oxygens (including phenoxy) is 1. The van der Waals surface area contributed by atoms with Gasteiger partial charge < -0.3 is 14.2 Å². The molecule has 0 aromatic carbocycles. The van der Waals surface area contributed by atoms with Gasteiger partial charge in [-0.05, 0) is 12.8 Å². The second-order valence-corrected chi connectivity index (χ2v) is 5.65. The molecule has 0 radical (unpaired) electrons. The molecule has 0 rings (SSSR count). The highest BCUT2D eigenvalue weighted by atomic mass is 31.2. The Labute approximate surface area is 107 Å². The summed E-state index contributed by atoms with van der Waals surface area (Å²) >= 11 is 0. The van der Waals surface area contributed by atoms with E-state index >= 15 is 0 Å². The molecule has 0 heterocycles. The summed E-state index contributed by atoms with van der Waals surface area (Å²) in [5.41, 5.74) is 0. The summed E-state index contributed by atoms with van der Waals surface area (Å²) in [7, 11) is 0.385. The van der Waals surface area contributed by atoms with Crippen LogP contribution in [0.4, 0.5) is 0 Å². The molecule has 0 aromatic heterocycles. The number of unbranched alkanes of at least 4 members (excludes halogenated alkanes) is 1. The largest absolute Gasteiger partial charge is 0.752 e. The van der Waals surface area contributed by atoms with E-state index in [1.165, 1.54) is 0 Å². The number of carbonyl (C=O) groups is 1. The van der Waals surface area contributed by atoms with Gasteiger partial charge in [0.2, 0.25) is 0 Å². The maximum Gasteiger partial charge on any atom is 0.330 e. The van der Waals surface area contributed by atoms with Crippen LogP contribution in [0.3, 0.4) is 0 Å². The first kappa shape index (κ1) is 17.3. The van der Waals surface area contributed by atoms with E-state index in [0.717, 1.165) is 6.08 Å². The third-order valence-corrected chi connectivity index (χ3v) is 2.73. The molecular formula is C10H20NO6P. The van der Waals surface area contributed by atoms with Crippen LogP contribution in [0.2, 0.25) is 0 Å². The fourth-order valence-corrected chi connectivity index (χ4v) is 1.94. The molecule has 0 aromatic rings. The molecule has 0 aliphatic rings. The number of phosphoric acid groups is 1. The predicted molar refractivity (Wildman–Crippen MR) is 63.1 cm³/mol. The SMILES string of the molecule is C=CC(=O)OCCCCOP(=O)([O-])O[N+](C)(C)C. The lowest BCUT2D eigenvalue weighted by Gasteiger charge is -2.29. The smallest absolute Gasteiger partial charge is 0.330 e. The van der Waals surface area contributed by atoms with E-state index in [1.807, 2.05) is 0 Å². The number of hydrogen-bond donors (Lipinski definition) is 0. The maximum absolute atomic E-state index is 11.3. The van der Waals surface area contributed by atoms with Gasteiger partial charge in [-0.25, -0.2) is 4.79 Å². The number of esters is 1. The molecule has 0 fully saturated rings. The van der Waals surface area contributed by atoms with Gasteiger partial charge in [-0.3, -0.25) is 4.57 Å². The zero-order chi connectivity index (χ0) is 14.2. The molecule has 0 spiro atoms. The summed E-state index contributed by atoms with van der Waals surface area (Å²) in [5, 5.41) is 0. The first-order valence-electron chi connectivity index (χ1n) is 5.44. The average Bonchev–Trinajstić information content (AvgIpc) is 2.19. The van der Waals surface area contributed by atoms with E-state index in [4.69, 9.17) is 9.36 Å². The van der Waals surface area contributed by atoms with Crippen LogP contribution in [-0.2, 0) is 23.2 Å². The summed E-state index contributed by atoms with van der Waals surface area (Å²) in [6.45, 7) is 3.44. The Bertz CT molecular complexity index is 325. The molecule has 0 saturated carbocycles. The normalized spacial score (nSPS) is 14.9. The second kappa shape index (κ2) is 7.66. The van der Waals surface area contributed by atoms with Crippen LogP contribution in [0.25, 0.3) is 0 Å². The number of hydroxylamine groups is 3. The molecule has 0 aliphatic carbocycles. The Kier molecular flexibility index (Phi) is 7.35. The molecule has 1 atom stereocenters. The van der Waals surface area contributed by atoms with Crippen LogP contribution >= 0.6 is 7.82 Å². The van der Waals surface area contributed by atoms with Crippen molar-refractivity contribution in [2.75, 3.05) is 34.4 Å². The fraction of sp³-hybridized carbons (Fsp3) is 0.700. The Morgan fingerprint density at radius 1 is 1.33 bits per heavy atom. The minimum atomic E-state index is -4.29. The van der Waals surface area contributed by atoms with Crippen LogP contribution in [0.1, 0.15) is 12.8 Å². The van der Waals surface area contributed by atoms with Crippen molar-refractivity contribution >= 4 is 13.8 Å². The van der Waals surface area contributed by atoms with E-state index < -0.39 is 13.8 Å². The van der Waals surface area contributed by atoms with Crippen molar-refractivity contribution < 1.29 is 32.8 Å². The third-order valence-electron chi connectivity index (χ3n) is 1.54.